The van der Waals surface area contributed by atoms with E-state index in [4.69, 9.17) is 4.74 Å². The zero-order chi connectivity index (χ0) is 28.2. The summed E-state index contributed by atoms with van der Waals surface area (Å²) in [7, 11) is 0. The normalized spacial score (nSPS) is 15.7. The van der Waals surface area contributed by atoms with Gasteiger partial charge >= 0.3 is 5.97 Å². The van der Waals surface area contributed by atoms with E-state index in [1.54, 1.807) is 0 Å². The van der Waals surface area contributed by atoms with Gasteiger partial charge in [-0.1, -0.05) is 89.6 Å². The van der Waals surface area contributed by atoms with Crippen LogP contribution in [0.2, 0.25) is 0 Å². The van der Waals surface area contributed by atoms with Crippen molar-refractivity contribution in [2.45, 2.75) is 97.8 Å². The molecule has 2 aromatic carbocycles. The lowest BCUT2D eigenvalue weighted by Gasteiger charge is -2.30. The molecular weight excluding hydrogens is 488 g/mol. The van der Waals surface area contributed by atoms with Crippen LogP contribution in [0.1, 0.15) is 93.6 Å². The number of likely N-dealkylation sites (N-methyl/N-ethyl adjacent to an activating group) is 1. The van der Waals surface area contributed by atoms with Gasteiger partial charge in [-0.15, -0.1) is 0 Å². The van der Waals surface area contributed by atoms with Crippen molar-refractivity contribution >= 4 is 11.9 Å². The number of rotatable bonds is 15. The third-order valence-electron chi connectivity index (χ3n) is 8.11. The van der Waals surface area contributed by atoms with E-state index in [1.165, 1.54) is 32.1 Å². The largest absolute Gasteiger partial charge is 0.480 e. The number of nitrogens with zero attached hydrogens (tertiary/aromatic N) is 1. The van der Waals surface area contributed by atoms with Crippen molar-refractivity contribution in [3.63, 3.8) is 0 Å². The molecule has 1 unspecified atom stereocenters. The molecule has 214 valence electrons. The molecule has 1 saturated carbocycles. The van der Waals surface area contributed by atoms with Gasteiger partial charge in [-0.2, -0.15) is 0 Å². The van der Waals surface area contributed by atoms with Crippen LogP contribution in [0.25, 0.3) is 11.1 Å². The molecule has 0 aliphatic heterocycles. The van der Waals surface area contributed by atoms with Gasteiger partial charge in [-0.3, -0.25) is 4.79 Å². The maximum absolute atomic E-state index is 13.3. The number of aryl methyl sites for hydroxylation is 1. The Morgan fingerprint density at radius 3 is 2.38 bits per heavy atom. The van der Waals surface area contributed by atoms with E-state index in [0.29, 0.717) is 25.0 Å². The van der Waals surface area contributed by atoms with Crippen LogP contribution >= 0.6 is 0 Å². The summed E-state index contributed by atoms with van der Waals surface area (Å²) in [5.74, 6) is -0.638. The zero-order valence-corrected chi connectivity index (χ0v) is 24.4. The molecule has 1 amide bonds. The van der Waals surface area contributed by atoms with E-state index < -0.39 is 12.0 Å². The molecule has 0 aromatic heterocycles. The van der Waals surface area contributed by atoms with Crippen LogP contribution in [0.5, 0.6) is 0 Å². The number of aliphatic carboxylic acids is 1. The van der Waals surface area contributed by atoms with Crippen LogP contribution in [-0.4, -0.2) is 53.7 Å². The van der Waals surface area contributed by atoms with Crippen LogP contribution in [0.4, 0.5) is 0 Å². The molecule has 0 heterocycles. The summed E-state index contributed by atoms with van der Waals surface area (Å²) in [4.78, 5) is 27.5. The minimum atomic E-state index is -1.01. The number of amides is 1. The summed E-state index contributed by atoms with van der Waals surface area (Å²) in [5, 5.41) is 12.3. The van der Waals surface area contributed by atoms with Crippen molar-refractivity contribution in [2.24, 2.45) is 5.92 Å². The van der Waals surface area contributed by atoms with Crippen molar-refractivity contribution < 1.29 is 19.4 Å². The smallest absolute Gasteiger partial charge is 0.326 e. The highest BCUT2D eigenvalue weighted by Gasteiger charge is 2.24. The quantitative estimate of drug-likeness (QED) is 0.260. The molecule has 0 spiro atoms. The highest BCUT2D eigenvalue weighted by molar-refractivity contribution is 6.02. The van der Waals surface area contributed by atoms with Gasteiger partial charge in [0, 0.05) is 12.1 Å². The van der Waals surface area contributed by atoms with Crippen LogP contribution in [0, 0.1) is 12.8 Å². The summed E-state index contributed by atoms with van der Waals surface area (Å²) >= 11 is 0. The third kappa shape index (κ3) is 9.18. The van der Waals surface area contributed by atoms with Gasteiger partial charge in [0.1, 0.15) is 6.04 Å². The fourth-order valence-corrected chi connectivity index (χ4v) is 5.73. The van der Waals surface area contributed by atoms with Crippen molar-refractivity contribution in [2.75, 3.05) is 19.6 Å². The average Bonchev–Trinajstić information content (AvgIpc) is 2.94. The molecule has 0 bridgehead atoms. The Labute approximate surface area is 235 Å². The second kappa shape index (κ2) is 15.8. The van der Waals surface area contributed by atoms with Crippen molar-refractivity contribution in [3.8, 4) is 11.1 Å². The fourth-order valence-electron chi connectivity index (χ4n) is 5.73. The van der Waals surface area contributed by atoms with Crippen LogP contribution in [0.3, 0.4) is 0 Å². The molecule has 0 saturated heterocycles. The molecule has 2 atom stereocenters. The number of carbonyl (C=O) groups is 2. The van der Waals surface area contributed by atoms with Crippen molar-refractivity contribution in [1.82, 2.24) is 10.2 Å². The van der Waals surface area contributed by atoms with Crippen LogP contribution < -0.4 is 5.32 Å². The predicted molar refractivity (Wildman–Crippen MR) is 158 cm³/mol. The van der Waals surface area contributed by atoms with Gasteiger partial charge in [-0.25, -0.2) is 4.79 Å². The number of nitrogens with one attached hydrogen (secondary N) is 1. The SMILES string of the molecule is CCC[C@H](NC(=O)c1ccc(COC(CC2CCCCC2)CN(CC)CC)cc1-c1ccccc1C)C(=O)O. The Bertz CT molecular complexity index is 1060. The van der Waals surface area contributed by atoms with Gasteiger partial charge in [0.15, 0.2) is 0 Å². The van der Waals surface area contributed by atoms with E-state index in [-0.39, 0.29) is 12.0 Å². The minimum Gasteiger partial charge on any atom is -0.480 e. The molecule has 0 radical (unpaired) electrons. The maximum atomic E-state index is 13.3. The summed E-state index contributed by atoms with van der Waals surface area (Å²) in [6.07, 6.45) is 8.93. The number of carboxylic acid groups (broad SMARTS) is 1. The Morgan fingerprint density at radius 1 is 1.03 bits per heavy atom. The topological polar surface area (TPSA) is 78.9 Å². The number of hydrogen-bond donors (Lipinski definition) is 2. The summed E-state index contributed by atoms with van der Waals surface area (Å²) in [6.45, 7) is 11.8. The third-order valence-corrected chi connectivity index (χ3v) is 8.11. The molecule has 6 nitrogen and oxygen atoms in total. The fraction of sp³-hybridized carbons (Fsp3) is 0.576. The highest BCUT2D eigenvalue weighted by atomic mass is 16.5. The number of carbonyl (C=O) groups excluding carboxylic acids is 1. The molecular formula is C33H48N2O4. The monoisotopic (exact) mass is 536 g/mol. The molecule has 1 aliphatic rings. The lowest BCUT2D eigenvalue weighted by atomic mass is 9.85. The first-order chi connectivity index (χ1) is 18.9. The zero-order valence-electron chi connectivity index (χ0n) is 24.4. The minimum absolute atomic E-state index is 0.170. The number of hydrogen-bond acceptors (Lipinski definition) is 4. The highest BCUT2D eigenvalue weighted by Crippen LogP contribution is 2.31. The second-order valence-corrected chi connectivity index (χ2v) is 11.0. The molecule has 1 fully saturated rings. The molecule has 1 aliphatic carbocycles. The second-order valence-electron chi connectivity index (χ2n) is 11.0. The van der Waals surface area contributed by atoms with Crippen molar-refractivity contribution in [3.05, 3.63) is 59.2 Å². The Balaban J connectivity index is 1.85. The number of benzene rings is 2. The molecule has 39 heavy (non-hydrogen) atoms. The van der Waals surface area contributed by atoms with E-state index >= 15 is 0 Å². The standard InChI is InChI=1S/C33H48N2O4/c1-5-13-31(33(37)38)34-32(36)29-19-18-26(21-30(29)28-17-12-11-14-24(28)4)23-39-27(22-35(6-2)7-3)20-25-15-9-8-10-16-25/h11-12,14,17-19,21,25,27,31H,5-10,13,15-16,20,22-23H2,1-4H3,(H,34,36)(H,37,38)/t27?,31-/m0/s1. The first-order valence-corrected chi connectivity index (χ1v) is 14.9. The lowest BCUT2D eigenvalue weighted by molar-refractivity contribution is -0.139. The first-order valence-electron chi connectivity index (χ1n) is 14.9. The average molecular weight is 537 g/mol. The van der Waals surface area contributed by atoms with Gasteiger partial charge in [0.05, 0.1) is 12.7 Å². The van der Waals surface area contributed by atoms with Gasteiger partial charge < -0.3 is 20.1 Å². The van der Waals surface area contributed by atoms with Crippen LogP contribution in [-0.2, 0) is 16.1 Å². The maximum Gasteiger partial charge on any atom is 0.326 e. The number of carboxylic acids is 1. The van der Waals surface area contributed by atoms with Gasteiger partial charge in [0.2, 0.25) is 0 Å². The Morgan fingerprint density at radius 2 is 1.74 bits per heavy atom. The molecule has 6 heteroatoms. The molecule has 2 N–H and O–H groups in total. The summed E-state index contributed by atoms with van der Waals surface area (Å²) in [5.41, 5.74) is 4.33. The molecule has 2 aromatic rings. The predicted octanol–water partition coefficient (Wildman–Crippen LogP) is 6.84. The number of ether oxygens (including phenoxy) is 1. The van der Waals surface area contributed by atoms with Crippen LogP contribution in [0.15, 0.2) is 42.5 Å². The Kier molecular flexibility index (Phi) is 12.5. The first kappa shape index (κ1) is 30.8. The molecule has 3 rings (SSSR count). The van der Waals surface area contributed by atoms with Gasteiger partial charge in [-0.05, 0) is 73.2 Å². The van der Waals surface area contributed by atoms with E-state index in [9.17, 15) is 14.7 Å². The van der Waals surface area contributed by atoms with Crippen molar-refractivity contribution in [1.29, 1.82) is 0 Å². The Hall–Kier alpha value is -2.70. The van der Waals surface area contributed by atoms with E-state index in [0.717, 1.165) is 54.2 Å². The van der Waals surface area contributed by atoms with E-state index in [2.05, 4.69) is 24.1 Å². The van der Waals surface area contributed by atoms with Gasteiger partial charge in [0.25, 0.3) is 5.91 Å². The lowest BCUT2D eigenvalue weighted by Crippen LogP contribution is -2.40. The summed E-state index contributed by atoms with van der Waals surface area (Å²) in [6, 6.07) is 12.9. The summed E-state index contributed by atoms with van der Waals surface area (Å²) < 4.78 is 6.59. The van der Waals surface area contributed by atoms with E-state index in [1.807, 2.05) is 56.3 Å².